The van der Waals surface area contributed by atoms with Gasteiger partial charge in [-0.2, -0.15) is 0 Å². The number of carbonyl (C=O) groups excluding carboxylic acids is 2. The number of nitrogens with zero attached hydrogens (tertiary/aromatic N) is 3. The van der Waals surface area contributed by atoms with Gasteiger partial charge in [0.15, 0.2) is 0 Å². The maximum Gasteiger partial charge on any atom is 0.410 e. The van der Waals surface area contributed by atoms with E-state index < -0.39 is 5.60 Å². The highest BCUT2D eigenvalue weighted by atomic mass is 16.6. The van der Waals surface area contributed by atoms with Crippen LogP contribution in [0.3, 0.4) is 0 Å². The molecule has 1 N–H and O–H groups in total. The summed E-state index contributed by atoms with van der Waals surface area (Å²) in [6, 6.07) is 0.107. The van der Waals surface area contributed by atoms with E-state index in [1.807, 2.05) is 44.4 Å². The molecular weight excluding hydrogens is 322 g/mol. The zero-order valence-corrected chi connectivity index (χ0v) is 16.2. The Morgan fingerprint density at radius 2 is 1.88 bits per heavy atom. The van der Waals surface area contributed by atoms with Crippen molar-refractivity contribution in [2.24, 2.45) is 5.41 Å². The molecule has 2 fully saturated rings. The van der Waals surface area contributed by atoms with Crippen LogP contribution in [0.1, 0.15) is 47.5 Å². The van der Waals surface area contributed by atoms with Crippen LogP contribution in [-0.4, -0.2) is 82.9 Å². The molecular formula is C18H33N3O4. The van der Waals surface area contributed by atoms with Crippen molar-refractivity contribution in [3.8, 4) is 0 Å². The Labute approximate surface area is 150 Å². The molecule has 0 aliphatic carbocycles. The van der Waals surface area contributed by atoms with Crippen LogP contribution in [0.5, 0.6) is 0 Å². The largest absolute Gasteiger partial charge is 0.444 e. The van der Waals surface area contributed by atoms with Crippen molar-refractivity contribution in [1.82, 2.24) is 14.7 Å². The fourth-order valence-corrected chi connectivity index (χ4v) is 3.28. The van der Waals surface area contributed by atoms with Crippen LogP contribution in [0.4, 0.5) is 9.59 Å². The monoisotopic (exact) mass is 355 g/mol. The van der Waals surface area contributed by atoms with Crippen LogP contribution in [-0.2, 0) is 4.74 Å². The third-order valence-corrected chi connectivity index (χ3v) is 4.79. The third kappa shape index (κ3) is 5.23. The molecule has 0 radical (unpaired) electrons. The van der Waals surface area contributed by atoms with E-state index in [1.165, 1.54) is 0 Å². The van der Waals surface area contributed by atoms with Gasteiger partial charge in [0.25, 0.3) is 0 Å². The van der Waals surface area contributed by atoms with Crippen LogP contribution in [0.15, 0.2) is 0 Å². The quantitative estimate of drug-likeness (QED) is 0.820. The number of hydrogen-bond donors (Lipinski definition) is 1. The first-order valence-corrected chi connectivity index (χ1v) is 9.17. The van der Waals surface area contributed by atoms with Gasteiger partial charge in [-0.05, 0) is 39.0 Å². The molecule has 0 aromatic heterocycles. The fourth-order valence-electron chi connectivity index (χ4n) is 3.28. The molecule has 2 rings (SSSR count). The second-order valence-electron chi connectivity index (χ2n) is 8.93. The molecule has 25 heavy (non-hydrogen) atoms. The molecule has 2 aliphatic heterocycles. The van der Waals surface area contributed by atoms with Gasteiger partial charge in [-0.25, -0.2) is 9.59 Å². The average Bonchev–Trinajstić information content (AvgIpc) is 2.81. The lowest BCUT2D eigenvalue weighted by Gasteiger charge is -2.37. The van der Waals surface area contributed by atoms with E-state index in [0.717, 1.165) is 12.8 Å². The van der Waals surface area contributed by atoms with Gasteiger partial charge >= 0.3 is 12.1 Å². The molecule has 7 nitrogen and oxygen atoms in total. The van der Waals surface area contributed by atoms with Gasteiger partial charge in [0, 0.05) is 39.3 Å². The summed E-state index contributed by atoms with van der Waals surface area (Å²) < 4.78 is 5.44. The maximum atomic E-state index is 12.5. The number of aliphatic hydroxyl groups excluding tert-OH is 1. The van der Waals surface area contributed by atoms with Crippen molar-refractivity contribution in [2.45, 2.75) is 59.1 Å². The summed E-state index contributed by atoms with van der Waals surface area (Å²) in [5, 5.41) is 9.33. The summed E-state index contributed by atoms with van der Waals surface area (Å²) in [7, 11) is 0. The number of carbonyl (C=O) groups is 2. The highest BCUT2D eigenvalue weighted by Gasteiger charge is 2.42. The number of fused-ring (bicyclic) bond motifs is 1. The number of urea groups is 1. The molecule has 1 unspecified atom stereocenters. The highest BCUT2D eigenvalue weighted by Crippen LogP contribution is 2.25. The van der Waals surface area contributed by atoms with Gasteiger partial charge in [0.2, 0.25) is 0 Å². The summed E-state index contributed by atoms with van der Waals surface area (Å²) >= 11 is 0. The van der Waals surface area contributed by atoms with Crippen molar-refractivity contribution in [3.05, 3.63) is 0 Å². The van der Waals surface area contributed by atoms with Crippen LogP contribution in [0.2, 0.25) is 0 Å². The minimum Gasteiger partial charge on any atom is -0.444 e. The van der Waals surface area contributed by atoms with E-state index in [-0.39, 0.29) is 30.2 Å². The van der Waals surface area contributed by atoms with Gasteiger partial charge in [-0.3, -0.25) is 0 Å². The van der Waals surface area contributed by atoms with Gasteiger partial charge in [0.1, 0.15) is 5.60 Å². The van der Waals surface area contributed by atoms with Crippen LogP contribution in [0, 0.1) is 5.41 Å². The molecule has 7 heteroatoms. The predicted molar refractivity (Wildman–Crippen MR) is 95.4 cm³/mol. The molecule has 0 aromatic rings. The lowest BCUT2D eigenvalue weighted by atomic mass is 9.89. The SMILES string of the molecule is CC(C)(CO)CCCN1CC2CN(C(=O)OC(C)(C)C)CCN2C1=O. The molecule has 2 aliphatic rings. The Kier molecular flexibility index (Phi) is 5.86. The van der Waals surface area contributed by atoms with Crippen LogP contribution in [0.25, 0.3) is 0 Å². The van der Waals surface area contributed by atoms with Gasteiger partial charge in [-0.1, -0.05) is 13.8 Å². The molecule has 0 spiro atoms. The summed E-state index contributed by atoms with van der Waals surface area (Å²) in [6.45, 7) is 12.7. The van der Waals surface area contributed by atoms with E-state index in [0.29, 0.717) is 32.7 Å². The summed E-state index contributed by atoms with van der Waals surface area (Å²) in [5.41, 5.74) is -0.616. The molecule has 0 aromatic carbocycles. The van der Waals surface area contributed by atoms with Crippen LogP contribution >= 0.6 is 0 Å². The van der Waals surface area contributed by atoms with Gasteiger partial charge in [-0.15, -0.1) is 0 Å². The smallest absolute Gasteiger partial charge is 0.410 e. The van der Waals surface area contributed by atoms with E-state index in [2.05, 4.69) is 0 Å². The Morgan fingerprint density at radius 3 is 2.48 bits per heavy atom. The highest BCUT2D eigenvalue weighted by molar-refractivity contribution is 5.78. The first-order valence-electron chi connectivity index (χ1n) is 9.17. The summed E-state index contributed by atoms with van der Waals surface area (Å²) in [6.07, 6.45) is 1.44. The number of aliphatic hydroxyl groups is 1. The molecule has 1 atom stereocenters. The summed E-state index contributed by atoms with van der Waals surface area (Å²) in [5.74, 6) is 0. The van der Waals surface area contributed by atoms with Crippen molar-refractivity contribution >= 4 is 12.1 Å². The standard InChI is InChI=1S/C18H33N3O4/c1-17(2,3)25-16(24)20-9-10-21-14(12-20)11-19(15(21)23)8-6-7-18(4,5)13-22/h14,22H,6-13H2,1-5H3. The zero-order chi connectivity index (χ0) is 18.8. The van der Waals surface area contributed by atoms with Crippen molar-refractivity contribution in [1.29, 1.82) is 0 Å². The normalized spacial score (nSPS) is 21.6. The van der Waals surface area contributed by atoms with Gasteiger partial charge in [0.05, 0.1) is 6.04 Å². The number of rotatable bonds is 5. The molecule has 144 valence electrons. The predicted octanol–water partition coefficient (Wildman–Crippen LogP) is 2.14. The number of piperazine rings is 1. The van der Waals surface area contributed by atoms with Crippen molar-refractivity contribution in [2.75, 3.05) is 39.3 Å². The molecule has 2 saturated heterocycles. The Balaban J connectivity index is 1.86. The second kappa shape index (κ2) is 7.40. The van der Waals surface area contributed by atoms with E-state index in [4.69, 9.17) is 4.74 Å². The number of amides is 3. The maximum absolute atomic E-state index is 12.5. The Hall–Kier alpha value is -1.50. The van der Waals surface area contributed by atoms with E-state index in [1.54, 1.807) is 4.90 Å². The number of hydrogen-bond acceptors (Lipinski definition) is 4. The third-order valence-electron chi connectivity index (χ3n) is 4.79. The lowest BCUT2D eigenvalue weighted by Crippen LogP contribution is -2.54. The average molecular weight is 355 g/mol. The Morgan fingerprint density at radius 1 is 1.20 bits per heavy atom. The first-order chi connectivity index (χ1) is 11.5. The molecule has 0 saturated carbocycles. The van der Waals surface area contributed by atoms with Gasteiger partial charge < -0.3 is 24.5 Å². The van der Waals surface area contributed by atoms with Crippen molar-refractivity contribution in [3.63, 3.8) is 0 Å². The van der Waals surface area contributed by atoms with E-state index >= 15 is 0 Å². The van der Waals surface area contributed by atoms with Crippen molar-refractivity contribution < 1.29 is 19.4 Å². The first kappa shape index (κ1) is 19.8. The van der Waals surface area contributed by atoms with Crippen LogP contribution < -0.4 is 0 Å². The zero-order valence-electron chi connectivity index (χ0n) is 16.2. The lowest BCUT2D eigenvalue weighted by molar-refractivity contribution is 0.0128. The molecule has 2 heterocycles. The molecule has 0 bridgehead atoms. The second-order valence-corrected chi connectivity index (χ2v) is 8.93. The minimum atomic E-state index is -0.509. The number of ether oxygens (including phenoxy) is 1. The Bertz CT molecular complexity index is 501. The summed E-state index contributed by atoms with van der Waals surface area (Å²) in [4.78, 5) is 30.2. The minimum absolute atomic E-state index is 0.0413. The topological polar surface area (TPSA) is 73.3 Å². The van der Waals surface area contributed by atoms with E-state index in [9.17, 15) is 14.7 Å². The fraction of sp³-hybridized carbons (Fsp3) is 0.889. The molecule has 3 amide bonds.